The Kier molecular flexibility index (Phi) is 5.81. The van der Waals surface area contributed by atoms with Crippen LogP contribution in [0.1, 0.15) is 25.5 Å². The number of nitrogens with one attached hydrogen (secondary N) is 2. The van der Waals surface area contributed by atoms with Crippen molar-refractivity contribution in [2.75, 3.05) is 0 Å². The molecule has 0 saturated heterocycles. The highest BCUT2D eigenvalue weighted by Gasteiger charge is 2.21. The lowest BCUT2D eigenvalue weighted by atomic mass is 10.1. The lowest BCUT2D eigenvalue weighted by molar-refractivity contribution is -0.127. The van der Waals surface area contributed by atoms with E-state index in [1.807, 2.05) is 6.07 Å². The van der Waals surface area contributed by atoms with Crippen LogP contribution >= 0.6 is 23.2 Å². The van der Waals surface area contributed by atoms with Crippen molar-refractivity contribution in [2.45, 2.75) is 25.9 Å². The maximum atomic E-state index is 11.9. The van der Waals surface area contributed by atoms with Crippen molar-refractivity contribution in [3.8, 4) is 6.07 Å². The first-order valence-electron chi connectivity index (χ1n) is 5.77. The first kappa shape index (κ1) is 16.3. The molecule has 1 rings (SSSR count). The molecule has 2 amide bonds. The molecule has 20 heavy (non-hydrogen) atoms. The minimum atomic E-state index is -0.940. The molecule has 106 valence electrons. The van der Waals surface area contributed by atoms with Crippen molar-refractivity contribution in [3.05, 3.63) is 33.8 Å². The number of hydrogen-bond donors (Lipinski definition) is 2. The highest BCUT2D eigenvalue weighted by atomic mass is 35.5. The summed E-state index contributed by atoms with van der Waals surface area (Å²) in [4.78, 5) is 22.8. The molecule has 0 bridgehead atoms. The average Bonchev–Trinajstić information content (AvgIpc) is 2.38. The summed E-state index contributed by atoms with van der Waals surface area (Å²) >= 11 is 11.9. The molecule has 0 unspecified atom stereocenters. The van der Waals surface area contributed by atoms with Gasteiger partial charge in [-0.05, 0) is 13.0 Å². The van der Waals surface area contributed by atoms with Crippen molar-refractivity contribution in [2.24, 2.45) is 0 Å². The molecular formula is C13H13Cl2N3O2. The Morgan fingerprint density at radius 1 is 1.30 bits per heavy atom. The number of carbonyl (C=O) groups is 2. The molecule has 7 heteroatoms. The predicted molar refractivity (Wildman–Crippen MR) is 76.2 cm³/mol. The third kappa shape index (κ3) is 4.12. The maximum Gasteiger partial charge on any atom is 0.243 e. The van der Waals surface area contributed by atoms with Gasteiger partial charge in [0, 0.05) is 12.5 Å². The largest absolute Gasteiger partial charge is 0.345 e. The van der Waals surface area contributed by atoms with E-state index in [0.717, 1.165) is 0 Å². The Bertz CT molecular complexity index is 569. The Balaban J connectivity index is 2.88. The Morgan fingerprint density at radius 3 is 2.50 bits per heavy atom. The first-order chi connectivity index (χ1) is 9.36. The number of rotatable bonds is 4. The van der Waals surface area contributed by atoms with Crippen molar-refractivity contribution in [3.63, 3.8) is 0 Å². The van der Waals surface area contributed by atoms with E-state index in [0.29, 0.717) is 10.6 Å². The smallest absolute Gasteiger partial charge is 0.243 e. The summed E-state index contributed by atoms with van der Waals surface area (Å²) < 4.78 is 0. The van der Waals surface area contributed by atoms with Gasteiger partial charge in [-0.2, -0.15) is 5.26 Å². The fourth-order valence-corrected chi connectivity index (χ4v) is 1.98. The molecule has 5 nitrogen and oxygen atoms in total. The zero-order valence-electron chi connectivity index (χ0n) is 10.9. The first-order valence-corrected chi connectivity index (χ1v) is 6.53. The van der Waals surface area contributed by atoms with E-state index in [4.69, 9.17) is 28.5 Å². The van der Waals surface area contributed by atoms with Gasteiger partial charge >= 0.3 is 0 Å². The molecule has 0 aliphatic carbocycles. The van der Waals surface area contributed by atoms with E-state index >= 15 is 0 Å². The molecule has 0 heterocycles. The van der Waals surface area contributed by atoms with Gasteiger partial charge in [-0.15, -0.1) is 0 Å². The summed E-state index contributed by atoms with van der Waals surface area (Å²) in [7, 11) is 0. The molecule has 0 aliphatic rings. The van der Waals surface area contributed by atoms with Gasteiger partial charge in [0.2, 0.25) is 11.8 Å². The van der Waals surface area contributed by atoms with E-state index in [9.17, 15) is 9.59 Å². The lowest BCUT2D eigenvalue weighted by Gasteiger charge is -2.17. The molecule has 2 N–H and O–H groups in total. The Labute approximate surface area is 126 Å². The second kappa shape index (κ2) is 7.13. The minimum Gasteiger partial charge on any atom is -0.345 e. The quantitative estimate of drug-likeness (QED) is 0.894. The van der Waals surface area contributed by atoms with Crippen LogP contribution in [-0.2, 0) is 9.59 Å². The van der Waals surface area contributed by atoms with Crippen LogP contribution in [0.25, 0.3) is 0 Å². The fourth-order valence-electron chi connectivity index (χ4n) is 1.56. The summed E-state index contributed by atoms with van der Waals surface area (Å²) in [6, 6.07) is 5.07. The van der Waals surface area contributed by atoms with Crippen molar-refractivity contribution < 1.29 is 9.59 Å². The summed E-state index contributed by atoms with van der Waals surface area (Å²) in [5.41, 5.74) is 0.407. The fraction of sp³-hybridized carbons (Fsp3) is 0.308. The van der Waals surface area contributed by atoms with Crippen LogP contribution in [0.3, 0.4) is 0 Å². The number of benzene rings is 1. The summed E-state index contributed by atoms with van der Waals surface area (Å²) in [5, 5.41) is 14.6. The molecular weight excluding hydrogens is 301 g/mol. The van der Waals surface area contributed by atoms with Crippen LogP contribution < -0.4 is 10.6 Å². The van der Waals surface area contributed by atoms with Crippen LogP contribution in [0.4, 0.5) is 0 Å². The summed E-state index contributed by atoms with van der Waals surface area (Å²) in [5.74, 6) is -0.815. The van der Waals surface area contributed by atoms with Gasteiger partial charge in [-0.3, -0.25) is 9.59 Å². The molecule has 0 saturated carbocycles. The van der Waals surface area contributed by atoms with Crippen LogP contribution in [-0.4, -0.2) is 17.9 Å². The van der Waals surface area contributed by atoms with Crippen molar-refractivity contribution in [1.29, 1.82) is 5.26 Å². The van der Waals surface area contributed by atoms with E-state index in [1.54, 1.807) is 18.2 Å². The van der Waals surface area contributed by atoms with Gasteiger partial charge in [0.25, 0.3) is 0 Å². The number of nitrogens with zero attached hydrogens (tertiary/aromatic N) is 1. The molecule has 0 aromatic heterocycles. The zero-order valence-corrected chi connectivity index (χ0v) is 12.4. The molecule has 2 atom stereocenters. The SMILES string of the molecule is CC(=O)N[C@H](C)C(=O)N[C@@H](C#N)c1cccc(Cl)c1Cl. The van der Waals surface area contributed by atoms with Crippen LogP contribution in [0.5, 0.6) is 0 Å². The van der Waals surface area contributed by atoms with Gasteiger partial charge in [0.1, 0.15) is 12.1 Å². The molecule has 1 aromatic carbocycles. The summed E-state index contributed by atoms with van der Waals surface area (Å²) in [6.45, 7) is 2.82. The number of nitriles is 1. The number of carbonyl (C=O) groups excluding carboxylic acids is 2. The average molecular weight is 314 g/mol. The molecule has 0 radical (unpaired) electrons. The standard InChI is InChI=1S/C13H13Cl2N3O2/c1-7(17-8(2)19)13(20)18-11(6-16)9-4-3-5-10(14)12(9)15/h3-5,7,11H,1-2H3,(H,17,19)(H,18,20)/t7-,11+/m1/s1. The van der Waals surface area contributed by atoms with E-state index in [2.05, 4.69) is 10.6 Å². The Morgan fingerprint density at radius 2 is 1.95 bits per heavy atom. The highest BCUT2D eigenvalue weighted by Crippen LogP contribution is 2.29. The topological polar surface area (TPSA) is 82.0 Å². The van der Waals surface area contributed by atoms with E-state index < -0.39 is 18.0 Å². The van der Waals surface area contributed by atoms with Crippen molar-refractivity contribution in [1.82, 2.24) is 10.6 Å². The molecule has 0 spiro atoms. The highest BCUT2D eigenvalue weighted by molar-refractivity contribution is 6.42. The van der Waals surface area contributed by atoms with Crippen molar-refractivity contribution >= 4 is 35.0 Å². The third-order valence-electron chi connectivity index (χ3n) is 2.52. The molecule has 0 fully saturated rings. The second-order valence-corrected chi connectivity index (χ2v) is 4.92. The zero-order chi connectivity index (χ0) is 15.3. The van der Waals surface area contributed by atoms with Gasteiger partial charge in [0.15, 0.2) is 0 Å². The number of halogens is 2. The third-order valence-corrected chi connectivity index (χ3v) is 3.35. The van der Waals surface area contributed by atoms with Crippen LogP contribution in [0.2, 0.25) is 10.0 Å². The normalized spacial score (nSPS) is 12.9. The van der Waals surface area contributed by atoms with Gasteiger partial charge in [0.05, 0.1) is 16.1 Å². The van der Waals surface area contributed by atoms with Gasteiger partial charge in [-0.1, -0.05) is 35.3 Å². The van der Waals surface area contributed by atoms with Crippen LogP contribution in [0, 0.1) is 11.3 Å². The lowest BCUT2D eigenvalue weighted by Crippen LogP contribution is -2.45. The van der Waals surface area contributed by atoms with E-state index in [1.165, 1.54) is 13.8 Å². The summed E-state index contributed by atoms with van der Waals surface area (Å²) in [6.07, 6.45) is 0. The van der Waals surface area contributed by atoms with Gasteiger partial charge < -0.3 is 10.6 Å². The molecule has 0 aliphatic heterocycles. The molecule has 1 aromatic rings. The van der Waals surface area contributed by atoms with E-state index in [-0.39, 0.29) is 10.9 Å². The van der Waals surface area contributed by atoms with Gasteiger partial charge in [-0.25, -0.2) is 0 Å². The maximum absolute atomic E-state index is 11.9. The number of hydrogen-bond acceptors (Lipinski definition) is 3. The predicted octanol–water partition coefficient (Wildman–Crippen LogP) is 2.20. The van der Waals surface area contributed by atoms with Crippen LogP contribution in [0.15, 0.2) is 18.2 Å². The Hall–Kier alpha value is -1.77. The second-order valence-electron chi connectivity index (χ2n) is 4.14. The number of amides is 2. The minimum absolute atomic E-state index is 0.216. The monoisotopic (exact) mass is 313 g/mol.